The topological polar surface area (TPSA) is 75.7 Å². The largest absolute Gasteiger partial charge is 0.487 e. The van der Waals surface area contributed by atoms with Gasteiger partial charge in [-0.3, -0.25) is 4.79 Å². The molecule has 1 aliphatic rings. The van der Waals surface area contributed by atoms with Crippen molar-refractivity contribution < 1.29 is 26.7 Å². The molecule has 0 radical (unpaired) electrons. The number of amides is 1. The van der Waals surface area contributed by atoms with Crippen molar-refractivity contribution in [3.8, 4) is 5.75 Å². The minimum atomic E-state index is -3.55. The van der Waals surface area contributed by atoms with Crippen molar-refractivity contribution in [2.24, 2.45) is 0 Å². The molecule has 1 fully saturated rings. The summed E-state index contributed by atoms with van der Waals surface area (Å²) >= 11 is 0. The Balaban J connectivity index is 1.59. The van der Waals surface area contributed by atoms with E-state index in [0.29, 0.717) is 31.5 Å². The third-order valence-corrected chi connectivity index (χ3v) is 6.03. The molecule has 150 valence electrons. The van der Waals surface area contributed by atoms with Crippen molar-refractivity contribution in [3.63, 3.8) is 0 Å². The molecule has 1 amide bonds. The molecule has 1 saturated heterocycles. The summed E-state index contributed by atoms with van der Waals surface area (Å²) in [6.07, 6.45) is 0.746. The average molecular weight is 410 g/mol. The van der Waals surface area contributed by atoms with Crippen molar-refractivity contribution >= 4 is 15.9 Å². The van der Waals surface area contributed by atoms with Crippen LogP contribution in [-0.2, 0) is 10.0 Å². The van der Waals surface area contributed by atoms with E-state index in [9.17, 15) is 22.0 Å². The molecule has 1 heterocycles. The number of likely N-dealkylation sites (tertiary alicyclic amines) is 1. The summed E-state index contributed by atoms with van der Waals surface area (Å²) in [5, 5.41) is 0. The molecule has 0 saturated carbocycles. The van der Waals surface area contributed by atoms with E-state index in [1.807, 2.05) is 0 Å². The smallest absolute Gasteiger partial charge is 0.253 e. The van der Waals surface area contributed by atoms with Crippen LogP contribution in [0.2, 0.25) is 0 Å². The van der Waals surface area contributed by atoms with E-state index in [1.165, 1.54) is 37.4 Å². The molecular weight excluding hydrogens is 390 g/mol. The standard InChI is InChI=1S/C19H20F2N2O4S/c1-22-28(25,26)16-5-2-13(3-6-16)19(24)23-10-8-15(9-11-23)27-18-7-4-14(20)12-17(18)21/h2-7,12,15,22H,8-11H2,1H3. The molecule has 1 N–H and O–H groups in total. The van der Waals surface area contributed by atoms with Crippen LogP contribution < -0.4 is 9.46 Å². The summed E-state index contributed by atoms with van der Waals surface area (Å²) in [6.45, 7) is 0.839. The molecule has 2 aromatic carbocycles. The molecule has 9 heteroatoms. The first kappa shape index (κ1) is 20.2. The molecular formula is C19H20F2N2O4S. The Kier molecular flexibility index (Phi) is 5.95. The lowest BCUT2D eigenvalue weighted by Crippen LogP contribution is -2.41. The van der Waals surface area contributed by atoms with E-state index >= 15 is 0 Å². The molecule has 0 bridgehead atoms. The summed E-state index contributed by atoms with van der Waals surface area (Å²) in [5.74, 6) is -1.64. The van der Waals surface area contributed by atoms with E-state index in [4.69, 9.17) is 4.74 Å². The summed E-state index contributed by atoms with van der Waals surface area (Å²) in [7, 11) is -2.24. The summed E-state index contributed by atoms with van der Waals surface area (Å²) in [4.78, 5) is 14.3. The number of piperidine rings is 1. The van der Waals surface area contributed by atoms with Crippen molar-refractivity contribution in [3.05, 3.63) is 59.7 Å². The maximum atomic E-state index is 13.7. The number of carbonyl (C=O) groups is 1. The van der Waals surface area contributed by atoms with Gasteiger partial charge in [0.25, 0.3) is 5.91 Å². The molecule has 3 rings (SSSR count). The summed E-state index contributed by atoms with van der Waals surface area (Å²) in [5.41, 5.74) is 0.388. The lowest BCUT2D eigenvalue weighted by atomic mass is 10.1. The highest BCUT2D eigenvalue weighted by atomic mass is 32.2. The second-order valence-corrected chi connectivity index (χ2v) is 8.30. The summed E-state index contributed by atoms with van der Waals surface area (Å²) in [6, 6.07) is 8.87. The highest BCUT2D eigenvalue weighted by molar-refractivity contribution is 7.89. The van der Waals surface area contributed by atoms with Crippen LogP contribution in [0.3, 0.4) is 0 Å². The van der Waals surface area contributed by atoms with E-state index in [-0.39, 0.29) is 22.7 Å². The molecule has 0 aliphatic carbocycles. The SMILES string of the molecule is CNS(=O)(=O)c1ccc(C(=O)N2CCC(Oc3ccc(F)cc3F)CC2)cc1. The first-order chi connectivity index (χ1) is 13.3. The number of carbonyl (C=O) groups excluding carboxylic acids is 1. The minimum absolute atomic E-state index is 0.00694. The second-order valence-electron chi connectivity index (χ2n) is 6.42. The molecule has 0 atom stereocenters. The quantitative estimate of drug-likeness (QED) is 0.822. The highest BCUT2D eigenvalue weighted by Gasteiger charge is 2.25. The van der Waals surface area contributed by atoms with Crippen LogP contribution in [0.4, 0.5) is 8.78 Å². The fourth-order valence-electron chi connectivity index (χ4n) is 3.00. The zero-order chi connectivity index (χ0) is 20.3. The van der Waals surface area contributed by atoms with E-state index in [2.05, 4.69) is 4.72 Å². The Morgan fingerprint density at radius 2 is 1.75 bits per heavy atom. The molecule has 0 aromatic heterocycles. The van der Waals surface area contributed by atoms with Gasteiger partial charge in [-0.2, -0.15) is 0 Å². The lowest BCUT2D eigenvalue weighted by Gasteiger charge is -2.32. The molecule has 0 spiro atoms. The van der Waals surface area contributed by atoms with Gasteiger partial charge in [0.15, 0.2) is 11.6 Å². The minimum Gasteiger partial charge on any atom is -0.487 e. The number of rotatable bonds is 5. The lowest BCUT2D eigenvalue weighted by molar-refractivity contribution is 0.0588. The van der Waals surface area contributed by atoms with Crippen molar-refractivity contribution in [2.75, 3.05) is 20.1 Å². The zero-order valence-electron chi connectivity index (χ0n) is 15.2. The number of ether oxygens (including phenoxy) is 1. The van der Waals surface area contributed by atoms with Gasteiger partial charge in [-0.25, -0.2) is 21.9 Å². The third kappa shape index (κ3) is 4.48. The Morgan fingerprint density at radius 3 is 2.32 bits per heavy atom. The fraction of sp³-hybridized carbons (Fsp3) is 0.316. The first-order valence-corrected chi connectivity index (χ1v) is 10.2. The van der Waals surface area contributed by atoms with E-state index < -0.39 is 21.7 Å². The number of sulfonamides is 1. The molecule has 0 unspecified atom stereocenters. The van der Waals surface area contributed by atoms with Crippen LogP contribution >= 0.6 is 0 Å². The third-order valence-electron chi connectivity index (χ3n) is 4.60. The number of hydrogen-bond donors (Lipinski definition) is 1. The number of benzene rings is 2. The molecule has 28 heavy (non-hydrogen) atoms. The van der Waals surface area contributed by atoms with Crippen LogP contribution in [0.15, 0.2) is 47.4 Å². The van der Waals surface area contributed by atoms with E-state index in [1.54, 1.807) is 4.90 Å². The Hall–Kier alpha value is -2.52. The Morgan fingerprint density at radius 1 is 1.11 bits per heavy atom. The van der Waals surface area contributed by atoms with Gasteiger partial charge in [0, 0.05) is 37.6 Å². The maximum Gasteiger partial charge on any atom is 0.253 e. The van der Waals surface area contributed by atoms with Crippen LogP contribution in [-0.4, -0.2) is 45.5 Å². The van der Waals surface area contributed by atoms with Gasteiger partial charge in [-0.15, -0.1) is 0 Å². The van der Waals surface area contributed by atoms with Crippen molar-refractivity contribution in [1.82, 2.24) is 9.62 Å². The van der Waals surface area contributed by atoms with Crippen LogP contribution in [0.5, 0.6) is 5.75 Å². The number of halogens is 2. The fourth-order valence-corrected chi connectivity index (χ4v) is 3.73. The second kappa shape index (κ2) is 8.24. The van der Waals surface area contributed by atoms with E-state index in [0.717, 1.165) is 12.1 Å². The Labute approximate surface area is 162 Å². The number of nitrogens with one attached hydrogen (secondary N) is 1. The van der Waals surface area contributed by atoms with Crippen LogP contribution in [0.25, 0.3) is 0 Å². The predicted molar refractivity (Wildman–Crippen MR) is 98.6 cm³/mol. The van der Waals surface area contributed by atoms with Gasteiger partial charge in [0.2, 0.25) is 10.0 Å². The van der Waals surface area contributed by atoms with Gasteiger partial charge >= 0.3 is 0 Å². The van der Waals surface area contributed by atoms with Crippen molar-refractivity contribution in [2.45, 2.75) is 23.8 Å². The van der Waals surface area contributed by atoms with Gasteiger partial charge in [0.1, 0.15) is 11.9 Å². The van der Waals surface area contributed by atoms with Gasteiger partial charge in [-0.05, 0) is 43.4 Å². The molecule has 2 aromatic rings. The van der Waals surface area contributed by atoms with Crippen LogP contribution in [0.1, 0.15) is 23.2 Å². The average Bonchev–Trinajstić information content (AvgIpc) is 2.70. The first-order valence-electron chi connectivity index (χ1n) is 8.75. The van der Waals surface area contributed by atoms with Gasteiger partial charge < -0.3 is 9.64 Å². The zero-order valence-corrected chi connectivity index (χ0v) is 16.0. The van der Waals surface area contributed by atoms with Gasteiger partial charge in [-0.1, -0.05) is 0 Å². The molecule has 1 aliphatic heterocycles. The monoisotopic (exact) mass is 410 g/mol. The number of nitrogens with zero attached hydrogens (tertiary/aromatic N) is 1. The van der Waals surface area contributed by atoms with Gasteiger partial charge in [0.05, 0.1) is 4.90 Å². The maximum absolute atomic E-state index is 13.7. The highest BCUT2D eigenvalue weighted by Crippen LogP contribution is 2.23. The summed E-state index contributed by atoms with van der Waals surface area (Å²) < 4.78 is 58.0. The Bertz CT molecular complexity index is 956. The van der Waals surface area contributed by atoms with Crippen molar-refractivity contribution in [1.29, 1.82) is 0 Å². The molecule has 6 nitrogen and oxygen atoms in total. The number of hydrogen-bond acceptors (Lipinski definition) is 4. The van der Waals surface area contributed by atoms with Crippen LogP contribution in [0, 0.1) is 11.6 Å². The predicted octanol–water partition coefficient (Wildman–Crippen LogP) is 2.56. The normalized spacial score (nSPS) is 15.5.